The standard InChI is InChI=1S/C18H30N4O2/c1-6-7-22-9-15(14(4)20-22)8-21-10-16(13(2)3)17(11-21)19-18(23)12-24-5/h6,9,13,16-17H,1,7-8,10-12H2,2-5H3,(H,19,23)/t16-,17+/m1/s1. The van der Waals surface area contributed by atoms with Crippen LogP contribution in [0, 0.1) is 18.8 Å². The maximum atomic E-state index is 11.9. The topological polar surface area (TPSA) is 59.4 Å². The summed E-state index contributed by atoms with van der Waals surface area (Å²) >= 11 is 0. The van der Waals surface area contributed by atoms with E-state index < -0.39 is 0 Å². The molecule has 2 heterocycles. The number of amides is 1. The molecule has 0 spiro atoms. The van der Waals surface area contributed by atoms with Gasteiger partial charge in [-0.25, -0.2) is 0 Å². The first-order valence-corrected chi connectivity index (χ1v) is 8.59. The van der Waals surface area contributed by atoms with Crippen LogP contribution in [0.25, 0.3) is 0 Å². The second-order valence-electron chi connectivity index (χ2n) is 6.96. The largest absolute Gasteiger partial charge is 0.375 e. The third kappa shape index (κ3) is 4.68. The van der Waals surface area contributed by atoms with Crippen LogP contribution in [-0.2, 0) is 22.6 Å². The summed E-state index contributed by atoms with van der Waals surface area (Å²) in [5, 5.41) is 7.65. The molecule has 6 nitrogen and oxygen atoms in total. The van der Waals surface area contributed by atoms with E-state index in [-0.39, 0.29) is 18.6 Å². The highest BCUT2D eigenvalue weighted by molar-refractivity contribution is 5.77. The van der Waals surface area contributed by atoms with E-state index in [0.717, 1.165) is 31.9 Å². The van der Waals surface area contributed by atoms with Crippen molar-refractivity contribution in [2.45, 2.75) is 39.9 Å². The van der Waals surface area contributed by atoms with Crippen molar-refractivity contribution in [3.05, 3.63) is 30.1 Å². The van der Waals surface area contributed by atoms with Gasteiger partial charge in [-0.2, -0.15) is 5.10 Å². The number of hydrogen-bond acceptors (Lipinski definition) is 4. The van der Waals surface area contributed by atoms with Crippen molar-refractivity contribution in [1.29, 1.82) is 0 Å². The van der Waals surface area contributed by atoms with E-state index in [1.54, 1.807) is 7.11 Å². The summed E-state index contributed by atoms with van der Waals surface area (Å²) in [6.45, 7) is 13.8. The van der Waals surface area contributed by atoms with Crippen molar-refractivity contribution in [2.75, 3.05) is 26.8 Å². The van der Waals surface area contributed by atoms with Crippen LogP contribution in [0.15, 0.2) is 18.9 Å². The maximum absolute atomic E-state index is 11.9. The molecule has 1 N–H and O–H groups in total. The minimum absolute atomic E-state index is 0.0371. The lowest BCUT2D eigenvalue weighted by Crippen LogP contribution is -2.43. The number of hydrogen-bond donors (Lipinski definition) is 1. The number of methoxy groups -OCH3 is 1. The van der Waals surface area contributed by atoms with Gasteiger partial charge in [0, 0.05) is 44.5 Å². The zero-order valence-electron chi connectivity index (χ0n) is 15.3. The molecular weight excluding hydrogens is 304 g/mol. The van der Waals surface area contributed by atoms with Gasteiger partial charge in [0.1, 0.15) is 6.61 Å². The summed E-state index contributed by atoms with van der Waals surface area (Å²) in [7, 11) is 1.55. The van der Waals surface area contributed by atoms with Gasteiger partial charge in [0.05, 0.1) is 12.2 Å². The van der Waals surface area contributed by atoms with Crippen LogP contribution < -0.4 is 5.32 Å². The van der Waals surface area contributed by atoms with Gasteiger partial charge in [0.15, 0.2) is 0 Å². The summed E-state index contributed by atoms with van der Waals surface area (Å²) in [5.41, 5.74) is 2.30. The summed E-state index contributed by atoms with van der Waals surface area (Å²) in [6.07, 6.45) is 3.94. The highest BCUT2D eigenvalue weighted by Gasteiger charge is 2.35. The lowest BCUT2D eigenvalue weighted by molar-refractivity contribution is -0.125. The summed E-state index contributed by atoms with van der Waals surface area (Å²) in [6, 6.07) is 0.177. The number of aryl methyl sites for hydroxylation is 1. The molecule has 1 aromatic heterocycles. The molecule has 0 aromatic carbocycles. The normalized spacial score (nSPS) is 21.4. The number of rotatable bonds is 8. The quantitative estimate of drug-likeness (QED) is 0.734. The Bertz CT molecular complexity index is 567. The Morgan fingerprint density at radius 3 is 2.92 bits per heavy atom. The van der Waals surface area contributed by atoms with Crippen LogP contribution in [0.1, 0.15) is 25.1 Å². The monoisotopic (exact) mass is 334 g/mol. The van der Waals surface area contributed by atoms with E-state index in [0.29, 0.717) is 11.8 Å². The van der Waals surface area contributed by atoms with Gasteiger partial charge >= 0.3 is 0 Å². The van der Waals surface area contributed by atoms with Gasteiger partial charge in [0.25, 0.3) is 0 Å². The van der Waals surface area contributed by atoms with Crippen molar-refractivity contribution < 1.29 is 9.53 Å². The molecule has 134 valence electrons. The Morgan fingerprint density at radius 1 is 1.54 bits per heavy atom. The van der Waals surface area contributed by atoms with Crippen molar-refractivity contribution in [2.24, 2.45) is 11.8 Å². The molecule has 1 saturated heterocycles. The lowest BCUT2D eigenvalue weighted by Gasteiger charge is -2.22. The molecule has 1 aliphatic rings. The number of allylic oxidation sites excluding steroid dienone is 1. The maximum Gasteiger partial charge on any atom is 0.246 e. The number of carbonyl (C=O) groups is 1. The van der Waals surface area contributed by atoms with Crippen molar-refractivity contribution in [1.82, 2.24) is 20.0 Å². The molecule has 1 aliphatic heterocycles. The van der Waals surface area contributed by atoms with E-state index in [2.05, 4.69) is 41.9 Å². The number of likely N-dealkylation sites (tertiary alicyclic amines) is 1. The molecular formula is C18H30N4O2. The van der Waals surface area contributed by atoms with E-state index in [1.807, 2.05) is 17.7 Å². The molecule has 0 bridgehead atoms. The predicted octanol–water partition coefficient (Wildman–Crippen LogP) is 1.60. The van der Waals surface area contributed by atoms with Crippen LogP contribution >= 0.6 is 0 Å². The van der Waals surface area contributed by atoms with Gasteiger partial charge in [-0.1, -0.05) is 19.9 Å². The summed E-state index contributed by atoms with van der Waals surface area (Å²) in [5.74, 6) is 0.937. The Morgan fingerprint density at radius 2 is 2.29 bits per heavy atom. The number of ether oxygens (including phenoxy) is 1. The van der Waals surface area contributed by atoms with Gasteiger partial charge in [-0.3, -0.25) is 14.4 Å². The first kappa shape index (κ1) is 18.7. The molecule has 0 radical (unpaired) electrons. The molecule has 0 unspecified atom stereocenters. The predicted molar refractivity (Wildman–Crippen MR) is 94.6 cm³/mol. The zero-order chi connectivity index (χ0) is 17.7. The van der Waals surface area contributed by atoms with E-state index >= 15 is 0 Å². The second-order valence-corrected chi connectivity index (χ2v) is 6.96. The van der Waals surface area contributed by atoms with Gasteiger partial charge in [0.2, 0.25) is 5.91 Å². The van der Waals surface area contributed by atoms with Crippen LogP contribution in [0.3, 0.4) is 0 Å². The van der Waals surface area contributed by atoms with Gasteiger partial charge in [-0.15, -0.1) is 6.58 Å². The van der Waals surface area contributed by atoms with Crippen LogP contribution in [0.5, 0.6) is 0 Å². The highest BCUT2D eigenvalue weighted by Crippen LogP contribution is 2.26. The van der Waals surface area contributed by atoms with E-state index in [9.17, 15) is 4.79 Å². The third-order valence-corrected chi connectivity index (χ3v) is 4.68. The second kappa shape index (κ2) is 8.44. The Labute approximate surface area is 144 Å². The third-order valence-electron chi connectivity index (χ3n) is 4.68. The molecule has 0 saturated carbocycles. The van der Waals surface area contributed by atoms with E-state index in [1.165, 1.54) is 5.56 Å². The fraction of sp³-hybridized carbons (Fsp3) is 0.667. The highest BCUT2D eigenvalue weighted by atomic mass is 16.5. The fourth-order valence-corrected chi connectivity index (χ4v) is 3.43. The average Bonchev–Trinajstić information content (AvgIpc) is 3.04. The minimum atomic E-state index is -0.0371. The summed E-state index contributed by atoms with van der Waals surface area (Å²) in [4.78, 5) is 14.3. The summed E-state index contributed by atoms with van der Waals surface area (Å²) < 4.78 is 6.85. The van der Waals surface area contributed by atoms with Gasteiger partial charge < -0.3 is 10.1 Å². The minimum Gasteiger partial charge on any atom is -0.375 e. The molecule has 1 fully saturated rings. The fourth-order valence-electron chi connectivity index (χ4n) is 3.43. The number of aromatic nitrogens is 2. The Hall–Kier alpha value is -1.66. The molecule has 0 aliphatic carbocycles. The molecule has 2 rings (SSSR count). The Kier molecular flexibility index (Phi) is 6.57. The first-order valence-electron chi connectivity index (χ1n) is 8.59. The molecule has 6 heteroatoms. The Balaban J connectivity index is 2.01. The van der Waals surface area contributed by atoms with Crippen molar-refractivity contribution in [3.63, 3.8) is 0 Å². The van der Waals surface area contributed by atoms with Crippen LogP contribution in [0.4, 0.5) is 0 Å². The number of nitrogens with zero attached hydrogens (tertiary/aromatic N) is 3. The van der Waals surface area contributed by atoms with Crippen LogP contribution in [0.2, 0.25) is 0 Å². The smallest absolute Gasteiger partial charge is 0.246 e. The molecule has 1 amide bonds. The van der Waals surface area contributed by atoms with E-state index in [4.69, 9.17) is 4.74 Å². The van der Waals surface area contributed by atoms with Crippen molar-refractivity contribution in [3.8, 4) is 0 Å². The average molecular weight is 334 g/mol. The van der Waals surface area contributed by atoms with Crippen molar-refractivity contribution >= 4 is 5.91 Å². The molecule has 24 heavy (non-hydrogen) atoms. The first-order chi connectivity index (χ1) is 11.4. The molecule has 2 atom stereocenters. The van der Waals surface area contributed by atoms with Gasteiger partial charge in [-0.05, 0) is 18.8 Å². The van der Waals surface area contributed by atoms with Crippen LogP contribution in [-0.4, -0.2) is 53.4 Å². The zero-order valence-corrected chi connectivity index (χ0v) is 15.3. The SMILES string of the molecule is C=CCn1cc(CN2C[C@H](NC(=O)COC)[C@@H](C(C)C)C2)c(C)n1. The number of nitrogens with one attached hydrogen (secondary N) is 1. The molecule has 1 aromatic rings. The lowest BCUT2D eigenvalue weighted by atomic mass is 9.91. The number of carbonyl (C=O) groups excluding carboxylic acids is 1.